The zero-order valence-electron chi connectivity index (χ0n) is 25.9. The molecule has 12 nitrogen and oxygen atoms in total. The lowest BCUT2D eigenvalue weighted by molar-refractivity contribution is 0.210. The zero-order chi connectivity index (χ0) is 32.1. The predicted molar refractivity (Wildman–Crippen MR) is 174 cm³/mol. The van der Waals surface area contributed by atoms with Gasteiger partial charge in [0.25, 0.3) is 0 Å². The van der Waals surface area contributed by atoms with Crippen molar-refractivity contribution in [2.24, 2.45) is 0 Å². The summed E-state index contributed by atoms with van der Waals surface area (Å²) in [7, 11) is -0.582. The molecule has 4 rings (SSSR count). The summed E-state index contributed by atoms with van der Waals surface area (Å²) in [4.78, 5) is 22.2. The van der Waals surface area contributed by atoms with E-state index >= 15 is 0 Å². The largest absolute Gasteiger partial charge is 0.492 e. The molecule has 4 N–H and O–H groups in total. The normalized spacial score (nSPS) is 11.6. The van der Waals surface area contributed by atoms with Crippen molar-refractivity contribution in [3.8, 4) is 17.4 Å². The van der Waals surface area contributed by atoms with Gasteiger partial charge in [-0.25, -0.2) is 18.2 Å². The number of anilines is 4. The number of amides is 2. The lowest BCUT2D eigenvalue weighted by Crippen LogP contribution is -2.22. The SMILES string of the molecule is COCCNc1nc(C)cc(Oc2ccc(NC(=O)Nc3cc(C(C)(C)C)cc(NS(C)(=O)=O)c3OC)c3ccccc23)n1. The molecule has 0 spiro atoms. The summed E-state index contributed by atoms with van der Waals surface area (Å²) in [6.07, 6.45) is 1.05. The Morgan fingerprint density at radius 2 is 1.59 bits per heavy atom. The van der Waals surface area contributed by atoms with Crippen LogP contribution in [0.5, 0.6) is 17.4 Å². The Hall–Kier alpha value is -4.62. The molecule has 0 aliphatic heterocycles. The second-order valence-electron chi connectivity index (χ2n) is 11.2. The van der Waals surface area contributed by atoms with E-state index in [0.29, 0.717) is 42.1 Å². The van der Waals surface area contributed by atoms with E-state index in [9.17, 15) is 13.2 Å². The number of urea groups is 1. The molecule has 0 fully saturated rings. The van der Waals surface area contributed by atoms with Crippen LogP contribution in [-0.4, -0.2) is 58.0 Å². The smallest absolute Gasteiger partial charge is 0.323 e. The first-order valence-electron chi connectivity index (χ1n) is 13.8. The number of benzene rings is 3. The number of carbonyl (C=O) groups excluding carboxylic acids is 1. The molecule has 2 amide bonds. The quantitative estimate of drug-likeness (QED) is 0.145. The summed E-state index contributed by atoms with van der Waals surface area (Å²) in [6, 6.07) is 15.6. The van der Waals surface area contributed by atoms with Crippen molar-refractivity contribution in [2.45, 2.75) is 33.1 Å². The first-order chi connectivity index (χ1) is 20.8. The fourth-order valence-corrected chi connectivity index (χ4v) is 5.00. The molecule has 0 saturated heterocycles. The fraction of sp³-hybridized carbons (Fsp3) is 0.323. The highest BCUT2D eigenvalue weighted by Crippen LogP contribution is 2.39. The van der Waals surface area contributed by atoms with Gasteiger partial charge in [0.1, 0.15) is 5.75 Å². The number of rotatable bonds is 11. The monoisotopic (exact) mass is 622 g/mol. The molecule has 0 aliphatic carbocycles. The molecular weight excluding hydrogens is 584 g/mol. The van der Waals surface area contributed by atoms with Crippen LogP contribution in [0.25, 0.3) is 10.8 Å². The van der Waals surface area contributed by atoms with Crippen LogP contribution in [0.4, 0.5) is 27.8 Å². The standard InChI is InChI=1S/C31H38N6O6S/c1-19-16-27(36-29(33-19)32-14-15-41-5)43-26-13-12-23(21-10-8-9-11-22(21)26)34-30(38)35-24-17-20(31(2,3)4)18-25(28(24)42-6)37-44(7,39)40/h8-13,16-18,37H,14-15H2,1-7H3,(H,32,33,36)(H2,34,35,38). The van der Waals surface area contributed by atoms with E-state index in [1.807, 2.05) is 52.0 Å². The molecule has 0 atom stereocenters. The second-order valence-corrected chi connectivity index (χ2v) is 12.9. The van der Waals surface area contributed by atoms with E-state index in [-0.39, 0.29) is 16.9 Å². The van der Waals surface area contributed by atoms with Crippen LogP contribution in [0.2, 0.25) is 0 Å². The van der Waals surface area contributed by atoms with Crippen molar-refractivity contribution < 1.29 is 27.4 Å². The Balaban J connectivity index is 1.62. The number of hydrogen-bond acceptors (Lipinski definition) is 9. The summed E-state index contributed by atoms with van der Waals surface area (Å²) >= 11 is 0. The molecule has 0 aliphatic rings. The van der Waals surface area contributed by atoms with Crippen LogP contribution >= 0.6 is 0 Å². The molecule has 0 bridgehead atoms. The molecule has 1 aromatic heterocycles. The lowest BCUT2D eigenvalue weighted by atomic mass is 9.86. The van der Waals surface area contributed by atoms with Gasteiger partial charge < -0.3 is 30.2 Å². The molecule has 13 heteroatoms. The van der Waals surface area contributed by atoms with E-state index in [2.05, 4.69) is 30.6 Å². The minimum absolute atomic E-state index is 0.184. The van der Waals surface area contributed by atoms with E-state index in [1.54, 1.807) is 37.4 Å². The Morgan fingerprint density at radius 1 is 0.909 bits per heavy atom. The maximum atomic E-state index is 13.3. The fourth-order valence-electron chi connectivity index (χ4n) is 4.44. The third kappa shape index (κ3) is 8.26. The van der Waals surface area contributed by atoms with Crippen molar-refractivity contribution in [1.82, 2.24) is 9.97 Å². The summed E-state index contributed by atoms with van der Waals surface area (Å²) in [5.41, 5.74) is 2.25. The second kappa shape index (κ2) is 13.3. The number of nitrogens with one attached hydrogen (secondary N) is 4. The molecule has 1 heterocycles. The van der Waals surface area contributed by atoms with Gasteiger partial charge >= 0.3 is 6.03 Å². The van der Waals surface area contributed by atoms with E-state index in [4.69, 9.17) is 14.2 Å². The minimum Gasteiger partial charge on any atom is -0.492 e. The van der Waals surface area contributed by atoms with Gasteiger partial charge in [-0.05, 0) is 42.2 Å². The van der Waals surface area contributed by atoms with Crippen molar-refractivity contribution in [2.75, 3.05) is 54.3 Å². The summed E-state index contributed by atoms with van der Waals surface area (Å²) in [5, 5.41) is 10.3. The summed E-state index contributed by atoms with van der Waals surface area (Å²) < 4.78 is 43.4. The van der Waals surface area contributed by atoms with Crippen LogP contribution in [0.15, 0.2) is 54.6 Å². The number of fused-ring (bicyclic) bond motifs is 1. The summed E-state index contributed by atoms with van der Waals surface area (Å²) in [5.74, 6) is 1.52. The van der Waals surface area contributed by atoms with Crippen molar-refractivity contribution in [3.05, 3.63) is 65.9 Å². The Bertz CT molecular complexity index is 1770. The zero-order valence-corrected chi connectivity index (χ0v) is 26.7. The molecule has 3 aromatic carbocycles. The summed E-state index contributed by atoms with van der Waals surface area (Å²) in [6.45, 7) is 8.87. The predicted octanol–water partition coefficient (Wildman–Crippen LogP) is 6.11. The van der Waals surface area contributed by atoms with Crippen molar-refractivity contribution in [1.29, 1.82) is 0 Å². The van der Waals surface area contributed by atoms with Gasteiger partial charge in [-0.15, -0.1) is 0 Å². The Kier molecular flexibility index (Phi) is 9.80. The average molecular weight is 623 g/mol. The molecule has 0 saturated carbocycles. The highest BCUT2D eigenvalue weighted by molar-refractivity contribution is 7.92. The molecule has 234 valence electrons. The molecule has 44 heavy (non-hydrogen) atoms. The molecular formula is C31H38N6O6S. The van der Waals surface area contributed by atoms with Gasteiger partial charge in [-0.2, -0.15) is 4.98 Å². The Morgan fingerprint density at radius 3 is 2.25 bits per heavy atom. The first kappa shape index (κ1) is 32.3. The number of aromatic nitrogens is 2. The topological polar surface area (TPSA) is 153 Å². The van der Waals surface area contributed by atoms with Crippen molar-refractivity contribution >= 4 is 49.8 Å². The van der Waals surface area contributed by atoms with E-state index in [1.165, 1.54) is 7.11 Å². The molecule has 4 aromatic rings. The Labute approximate surface area is 257 Å². The van der Waals surface area contributed by atoms with Crippen LogP contribution < -0.4 is 30.1 Å². The van der Waals surface area contributed by atoms with Gasteiger partial charge in [0.05, 0.1) is 37.0 Å². The van der Waals surface area contributed by atoms with Crippen LogP contribution in [0, 0.1) is 6.92 Å². The van der Waals surface area contributed by atoms with Crippen LogP contribution in [0.3, 0.4) is 0 Å². The third-order valence-corrected chi connectivity index (χ3v) is 7.06. The van der Waals surface area contributed by atoms with E-state index < -0.39 is 16.1 Å². The van der Waals surface area contributed by atoms with E-state index in [0.717, 1.165) is 28.3 Å². The maximum absolute atomic E-state index is 13.3. The number of nitrogens with zero attached hydrogens (tertiary/aromatic N) is 2. The number of methoxy groups -OCH3 is 2. The minimum atomic E-state index is -3.61. The number of carbonyl (C=O) groups is 1. The van der Waals surface area contributed by atoms with Crippen molar-refractivity contribution in [3.63, 3.8) is 0 Å². The van der Waals surface area contributed by atoms with Crippen LogP contribution in [0.1, 0.15) is 32.0 Å². The maximum Gasteiger partial charge on any atom is 0.323 e. The number of sulfonamides is 1. The number of ether oxygens (including phenoxy) is 3. The average Bonchev–Trinajstić information content (AvgIpc) is 2.93. The van der Waals surface area contributed by atoms with Gasteiger partial charge in [0, 0.05) is 36.2 Å². The lowest BCUT2D eigenvalue weighted by Gasteiger charge is -2.24. The van der Waals surface area contributed by atoms with Gasteiger partial charge in [0.2, 0.25) is 21.9 Å². The van der Waals surface area contributed by atoms with Crippen LogP contribution in [-0.2, 0) is 20.2 Å². The third-order valence-electron chi connectivity index (χ3n) is 6.47. The van der Waals surface area contributed by atoms with Gasteiger partial charge in [-0.1, -0.05) is 45.0 Å². The molecule has 0 unspecified atom stereocenters. The number of aryl methyl sites for hydroxylation is 1. The van der Waals surface area contributed by atoms with Gasteiger partial charge in [-0.3, -0.25) is 4.72 Å². The highest BCUT2D eigenvalue weighted by Gasteiger charge is 2.22. The van der Waals surface area contributed by atoms with Gasteiger partial charge in [0.15, 0.2) is 5.75 Å². The highest BCUT2D eigenvalue weighted by atomic mass is 32.2. The molecule has 0 radical (unpaired) electrons. The number of hydrogen-bond donors (Lipinski definition) is 4. The first-order valence-corrected chi connectivity index (χ1v) is 15.7.